The van der Waals surface area contributed by atoms with Gasteiger partial charge in [0.1, 0.15) is 11.5 Å². The molecule has 5 heteroatoms. The standard InChI is InChI=1S/C32H26BNO3/c1-30(2)31(3,4)37-33(36-30)27-14-9-13-25-29(27)35-28-15-8-7-12-24(28)32(25)23-11-6-5-10-21(23)22-17-16-20(19-34)18-26(22)32/h5-18H,1-4H3. The Morgan fingerprint density at radius 1 is 0.676 bits per heavy atom. The molecule has 0 amide bonds. The molecule has 180 valence electrons. The van der Waals surface area contributed by atoms with E-state index in [1.54, 1.807) is 0 Å². The molecule has 3 aliphatic rings. The molecule has 1 atom stereocenters. The summed E-state index contributed by atoms with van der Waals surface area (Å²) in [6.45, 7) is 8.25. The van der Waals surface area contributed by atoms with E-state index in [0.717, 1.165) is 39.2 Å². The second-order valence-corrected chi connectivity index (χ2v) is 11.1. The largest absolute Gasteiger partial charge is 0.498 e. The number of benzene rings is 4. The lowest BCUT2D eigenvalue weighted by atomic mass is 9.64. The van der Waals surface area contributed by atoms with E-state index in [-0.39, 0.29) is 0 Å². The van der Waals surface area contributed by atoms with Crippen molar-refractivity contribution >= 4 is 12.6 Å². The van der Waals surface area contributed by atoms with Crippen LogP contribution in [0.5, 0.6) is 11.5 Å². The number of ether oxygens (including phenoxy) is 1. The zero-order valence-corrected chi connectivity index (χ0v) is 21.3. The summed E-state index contributed by atoms with van der Waals surface area (Å²) < 4.78 is 19.7. The molecule has 0 saturated carbocycles. The van der Waals surface area contributed by atoms with E-state index >= 15 is 0 Å². The molecule has 0 aromatic heterocycles. The van der Waals surface area contributed by atoms with Gasteiger partial charge in [-0.15, -0.1) is 0 Å². The molecule has 7 rings (SSSR count). The van der Waals surface area contributed by atoms with Gasteiger partial charge in [-0.25, -0.2) is 0 Å². The number of nitriles is 1. The number of para-hydroxylation sites is 2. The summed E-state index contributed by atoms with van der Waals surface area (Å²) >= 11 is 0. The van der Waals surface area contributed by atoms with Gasteiger partial charge in [-0.1, -0.05) is 66.7 Å². The topological polar surface area (TPSA) is 51.5 Å². The number of hydrogen-bond donors (Lipinski definition) is 0. The first kappa shape index (κ1) is 22.4. The molecule has 1 aliphatic carbocycles. The van der Waals surface area contributed by atoms with Crippen molar-refractivity contribution in [1.29, 1.82) is 5.26 Å². The summed E-state index contributed by atoms with van der Waals surface area (Å²) in [5, 5.41) is 9.84. The monoisotopic (exact) mass is 483 g/mol. The Balaban J connectivity index is 1.57. The summed E-state index contributed by atoms with van der Waals surface area (Å²) in [6.07, 6.45) is 0. The minimum Gasteiger partial charge on any atom is -0.457 e. The summed E-state index contributed by atoms with van der Waals surface area (Å²) in [4.78, 5) is 0. The summed E-state index contributed by atoms with van der Waals surface area (Å²) in [5.74, 6) is 1.55. The highest BCUT2D eigenvalue weighted by molar-refractivity contribution is 6.63. The van der Waals surface area contributed by atoms with Gasteiger partial charge >= 0.3 is 7.12 Å². The zero-order chi connectivity index (χ0) is 25.6. The van der Waals surface area contributed by atoms with Crippen LogP contribution in [-0.2, 0) is 14.7 Å². The SMILES string of the molecule is CC1(C)OB(c2cccc3c2Oc2ccccc2C32c3ccccc3-c3ccc(C#N)cc32)OC1(C)C. The van der Waals surface area contributed by atoms with Gasteiger partial charge in [-0.2, -0.15) is 5.26 Å². The first-order valence-electron chi connectivity index (χ1n) is 12.7. The minimum atomic E-state index is -0.636. The lowest BCUT2D eigenvalue weighted by Crippen LogP contribution is -2.41. The van der Waals surface area contributed by atoms with E-state index in [1.165, 1.54) is 11.1 Å². The molecule has 1 unspecified atom stereocenters. The van der Waals surface area contributed by atoms with E-state index in [0.29, 0.717) is 5.56 Å². The Hall–Kier alpha value is -3.85. The van der Waals surface area contributed by atoms with Gasteiger partial charge in [0.2, 0.25) is 0 Å². The van der Waals surface area contributed by atoms with E-state index < -0.39 is 23.7 Å². The van der Waals surface area contributed by atoms with E-state index in [9.17, 15) is 5.26 Å². The molecule has 4 aromatic rings. The zero-order valence-electron chi connectivity index (χ0n) is 21.3. The van der Waals surface area contributed by atoms with Crippen molar-refractivity contribution in [3.05, 3.63) is 113 Å². The Bertz CT molecular complexity index is 1630. The molecule has 2 aliphatic heterocycles. The Morgan fingerprint density at radius 2 is 1.32 bits per heavy atom. The van der Waals surface area contributed by atoms with E-state index in [2.05, 4.69) is 88.4 Å². The molecule has 2 heterocycles. The van der Waals surface area contributed by atoms with Crippen LogP contribution in [0.4, 0.5) is 0 Å². The van der Waals surface area contributed by atoms with Gasteiger partial charge in [0, 0.05) is 16.6 Å². The Kier molecular flexibility index (Phi) is 4.44. The van der Waals surface area contributed by atoms with Crippen LogP contribution < -0.4 is 10.2 Å². The third kappa shape index (κ3) is 2.80. The minimum absolute atomic E-state index is 0.473. The fourth-order valence-corrected chi connectivity index (χ4v) is 6.17. The van der Waals surface area contributed by atoms with E-state index in [4.69, 9.17) is 14.0 Å². The van der Waals surface area contributed by atoms with Gasteiger partial charge in [0.05, 0.1) is 28.2 Å². The van der Waals surface area contributed by atoms with Crippen molar-refractivity contribution in [2.75, 3.05) is 0 Å². The molecule has 0 bridgehead atoms. The van der Waals surface area contributed by atoms with Gasteiger partial charge in [-0.3, -0.25) is 0 Å². The average molecular weight is 483 g/mol. The lowest BCUT2D eigenvalue weighted by molar-refractivity contribution is 0.00578. The number of nitrogens with zero attached hydrogens (tertiary/aromatic N) is 1. The first-order valence-corrected chi connectivity index (χ1v) is 12.7. The first-order chi connectivity index (χ1) is 17.8. The van der Waals surface area contributed by atoms with Crippen LogP contribution in [0.3, 0.4) is 0 Å². The van der Waals surface area contributed by atoms with Crippen LogP contribution >= 0.6 is 0 Å². The van der Waals surface area contributed by atoms with Crippen molar-refractivity contribution in [2.24, 2.45) is 0 Å². The molecule has 0 radical (unpaired) electrons. The lowest BCUT2D eigenvalue weighted by Gasteiger charge is -2.40. The third-order valence-electron chi connectivity index (χ3n) is 8.63. The molecule has 1 saturated heterocycles. The molecule has 1 fully saturated rings. The Morgan fingerprint density at radius 3 is 2.08 bits per heavy atom. The highest BCUT2D eigenvalue weighted by Crippen LogP contribution is 2.61. The molecule has 4 nitrogen and oxygen atoms in total. The van der Waals surface area contributed by atoms with Crippen molar-refractivity contribution < 1.29 is 14.0 Å². The van der Waals surface area contributed by atoms with Crippen LogP contribution in [0.2, 0.25) is 0 Å². The van der Waals surface area contributed by atoms with Gasteiger partial charge in [-0.05, 0) is 68.1 Å². The molecule has 1 spiro atoms. The normalized spacial score (nSPS) is 21.4. The highest BCUT2D eigenvalue weighted by Gasteiger charge is 2.55. The maximum absolute atomic E-state index is 9.84. The molecular formula is C32H26BNO3. The number of fused-ring (bicyclic) bond motifs is 9. The van der Waals surface area contributed by atoms with Gasteiger partial charge < -0.3 is 14.0 Å². The van der Waals surface area contributed by atoms with Crippen molar-refractivity contribution in [3.8, 4) is 28.7 Å². The summed E-state index contributed by atoms with van der Waals surface area (Å²) in [6, 6.07) is 31.4. The third-order valence-corrected chi connectivity index (χ3v) is 8.63. The molecular weight excluding hydrogens is 457 g/mol. The van der Waals surface area contributed by atoms with Crippen molar-refractivity contribution in [2.45, 2.75) is 44.3 Å². The molecule has 0 N–H and O–H groups in total. The van der Waals surface area contributed by atoms with Crippen molar-refractivity contribution in [1.82, 2.24) is 0 Å². The summed E-state index contributed by atoms with van der Waals surface area (Å²) in [7, 11) is -0.566. The van der Waals surface area contributed by atoms with Crippen LogP contribution in [0.1, 0.15) is 55.5 Å². The quantitative estimate of drug-likeness (QED) is 0.257. The van der Waals surface area contributed by atoms with Gasteiger partial charge in [0.25, 0.3) is 0 Å². The maximum atomic E-state index is 9.84. The van der Waals surface area contributed by atoms with Gasteiger partial charge in [0.15, 0.2) is 0 Å². The Labute approximate surface area is 217 Å². The average Bonchev–Trinajstić information content (AvgIpc) is 3.30. The fourth-order valence-electron chi connectivity index (χ4n) is 6.17. The molecule has 37 heavy (non-hydrogen) atoms. The van der Waals surface area contributed by atoms with E-state index in [1.807, 2.05) is 30.3 Å². The number of hydrogen-bond acceptors (Lipinski definition) is 4. The predicted molar refractivity (Wildman–Crippen MR) is 144 cm³/mol. The van der Waals surface area contributed by atoms with Crippen LogP contribution in [0, 0.1) is 11.3 Å². The second kappa shape index (κ2) is 7.35. The van der Waals surface area contributed by atoms with Crippen LogP contribution in [-0.4, -0.2) is 18.3 Å². The highest BCUT2D eigenvalue weighted by atomic mass is 16.7. The second-order valence-electron chi connectivity index (χ2n) is 11.1. The van der Waals surface area contributed by atoms with Crippen molar-refractivity contribution in [3.63, 3.8) is 0 Å². The smallest absolute Gasteiger partial charge is 0.457 e. The predicted octanol–water partition coefficient (Wildman–Crippen LogP) is 6.33. The summed E-state index contributed by atoms with van der Waals surface area (Å²) in [5.41, 5.74) is 6.60. The maximum Gasteiger partial charge on any atom is 0.498 e. The molecule has 4 aromatic carbocycles. The van der Waals surface area contributed by atoms with Crippen LogP contribution in [0.15, 0.2) is 84.9 Å². The fraction of sp³-hybridized carbons (Fsp3) is 0.219. The van der Waals surface area contributed by atoms with Crippen LogP contribution in [0.25, 0.3) is 11.1 Å². The number of rotatable bonds is 1.